The van der Waals surface area contributed by atoms with E-state index in [1.165, 1.54) is 7.11 Å². The summed E-state index contributed by atoms with van der Waals surface area (Å²) < 4.78 is 58.7. The first-order valence-corrected chi connectivity index (χ1v) is 20.5. The molecule has 12 atom stereocenters. The van der Waals surface area contributed by atoms with Gasteiger partial charge in [-0.3, -0.25) is 19.2 Å². The fourth-order valence-corrected chi connectivity index (χ4v) is 8.14. The SMILES string of the molecule is COC(=O)CCCNC(=O)C[C@H](NC(=O)CCCNC(=O)C[C@H](NC(=O)OC(C)(C)C)C1O[C@@H]2OC(C)(C)O[C@@H]2[C@@H](OC)[C@@H]1C)C1O[C@@H]2OC(C)(C)O[C@@H]2[C@@H](OC)[C@@H]1C. The van der Waals surface area contributed by atoms with Crippen molar-refractivity contribution in [3.8, 4) is 0 Å². The van der Waals surface area contributed by atoms with Crippen LogP contribution in [0.5, 0.6) is 0 Å². The maximum Gasteiger partial charge on any atom is 0.407 e. The van der Waals surface area contributed by atoms with Gasteiger partial charge in [-0.1, -0.05) is 13.8 Å². The van der Waals surface area contributed by atoms with Crippen molar-refractivity contribution in [2.24, 2.45) is 11.8 Å². The van der Waals surface area contributed by atoms with Gasteiger partial charge in [0.2, 0.25) is 17.7 Å². The topological polar surface area (TPSA) is 226 Å². The monoisotopic (exact) mass is 844 g/mol. The Labute approximate surface area is 347 Å². The maximum absolute atomic E-state index is 13.5. The Bertz CT molecular complexity index is 1460. The zero-order valence-electron chi connectivity index (χ0n) is 36.7. The van der Waals surface area contributed by atoms with Crippen molar-refractivity contribution >= 4 is 29.8 Å². The molecule has 0 spiro atoms. The minimum absolute atomic E-state index is 0.0130. The number of ether oxygens (including phenoxy) is 10. The minimum Gasteiger partial charge on any atom is -0.469 e. The molecule has 0 aromatic rings. The summed E-state index contributed by atoms with van der Waals surface area (Å²) >= 11 is 0. The van der Waals surface area contributed by atoms with Crippen LogP contribution in [-0.2, 0) is 66.5 Å². The molecule has 338 valence electrons. The predicted molar refractivity (Wildman–Crippen MR) is 208 cm³/mol. The van der Waals surface area contributed by atoms with Gasteiger partial charge in [-0.05, 0) is 61.3 Å². The van der Waals surface area contributed by atoms with Crippen LogP contribution in [0, 0.1) is 11.8 Å². The second-order valence-electron chi connectivity index (χ2n) is 17.6. The van der Waals surface area contributed by atoms with E-state index in [4.69, 9.17) is 42.6 Å². The zero-order chi connectivity index (χ0) is 43.9. The van der Waals surface area contributed by atoms with Crippen molar-refractivity contribution in [1.82, 2.24) is 21.3 Å². The summed E-state index contributed by atoms with van der Waals surface area (Å²) in [5.41, 5.74) is -0.789. The van der Waals surface area contributed by atoms with Crippen molar-refractivity contribution in [3.05, 3.63) is 0 Å². The molecule has 4 heterocycles. The molecule has 0 bridgehead atoms. The number of hydrogen-bond donors (Lipinski definition) is 4. The van der Waals surface area contributed by atoms with Gasteiger partial charge in [0.15, 0.2) is 24.2 Å². The molecular weight excluding hydrogens is 776 g/mol. The van der Waals surface area contributed by atoms with Gasteiger partial charge in [-0.25, -0.2) is 4.79 Å². The van der Waals surface area contributed by atoms with Crippen LogP contribution >= 0.6 is 0 Å². The fourth-order valence-electron chi connectivity index (χ4n) is 8.14. The van der Waals surface area contributed by atoms with Gasteiger partial charge < -0.3 is 68.6 Å². The van der Waals surface area contributed by atoms with Gasteiger partial charge in [-0.15, -0.1) is 0 Å². The van der Waals surface area contributed by atoms with E-state index in [9.17, 15) is 24.0 Å². The number of nitrogens with one attached hydrogen (secondary N) is 4. The second-order valence-corrected chi connectivity index (χ2v) is 17.6. The summed E-state index contributed by atoms with van der Waals surface area (Å²) in [6, 6.07) is -1.62. The molecule has 4 amide bonds. The molecule has 0 radical (unpaired) electrons. The van der Waals surface area contributed by atoms with Crippen molar-refractivity contribution in [2.45, 2.75) is 179 Å². The molecule has 59 heavy (non-hydrogen) atoms. The first kappa shape index (κ1) is 48.5. The van der Waals surface area contributed by atoms with Gasteiger partial charge in [-0.2, -0.15) is 0 Å². The molecule has 4 aliphatic heterocycles. The van der Waals surface area contributed by atoms with Gasteiger partial charge in [0.1, 0.15) is 17.8 Å². The van der Waals surface area contributed by atoms with Crippen LogP contribution in [0.2, 0.25) is 0 Å². The Balaban J connectivity index is 1.38. The van der Waals surface area contributed by atoms with E-state index in [1.807, 2.05) is 13.8 Å². The van der Waals surface area contributed by atoms with E-state index in [2.05, 4.69) is 26.0 Å². The summed E-state index contributed by atoms with van der Waals surface area (Å²) in [6.07, 6.45) is -5.15. The highest BCUT2D eigenvalue weighted by Gasteiger charge is 2.56. The van der Waals surface area contributed by atoms with Crippen LogP contribution in [0.3, 0.4) is 0 Å². The molecule has 0 aromatic heterocycles. The lowest BCUT2D eigenvalue weighted by Crippen LogP contribution is -2.60. The molecule has 4 saturated heterocycles. The molecule has 0 saturated carbocycles. The average molecular weight is 845 g/mol. The average Bonchev–Trinajstić information content (AvgIpc) is 3.62. The number of fused-ring (bicyclic) bond motifs is 2. The van der Waals surface area contributed by atoms with E-state index >= 15 is 0 Å². The highest BCUT2D eigenvalue weighted by Crippen LogP contribution is 2.42. The van der Waals surface area contributed by atoms with Crippen molar-refractivity contribution < 1.29 is 71.3 Å². The summed E-state index contributed by atoms with van der Waals surface area (Å²) in [4.78, 5) is 64.6. The molecule has 0 aliphatic carbocycles. The largest absolute Gasteiger partial charge is 0.469 e. The molecule has 2 unspecified atom stereocenters. The Morgan fingerprint density at radius 3 is 1.51 bits per heavy atom. The minimum atomic E-state index is -0.930. The normalized spacial score (nSPS) is 31.8. The number of rotatable bonds is 18. The summed E-state index contributed by atoms with van der Waals surface area (Å²) in [5.74, 6) is -4.00. The lowest BCUT2D eigenvalue weighted by Gasteiger charge is -2.43. The molecule has 4 rings (SSSR count). The van der Waals surface area contributed by atoms with E-state index in [0.29, 0.717) is 6.42 Å². The maximum atomic E-state index is 13.5. The number of carbonyl (C=O) groups is 5. The Morgan fingerprint density at radius 2 is 1.08 bits per heavy atom. The van der Waals surface area contributed by atoms with Gasteiger partial charge in [0, 0.05) is 64.8 Å². The van der Waals surface area contributed by atoms with E-state index in [-0.39, 0.29) is 74.8 Å². The molecule has 4 N–H and O–H groups in total. The quantitative estimate of drug-likeness (QED) is 0.115. The van der Waals surface area contributed by atoms with Crippen LogP contribution in [0.25, 0.3) is 0 Å². The summed E-state index contributed by atoms with van der Waals surface area (Å²) in [5, 5.41) is 11.5. The summed E-state index contributed by atoms with van der Waals surface area (Å²) in [6.45, 7) is 16.5. The highest BCUT2D eigenvalue weighted by molar-refractivity contribution is 5.80. The van der Waals surface area contributed by atoms with E-state index in [1.54, 1.807) is 62.7 Å². The summed E-state index contributed by atoms with van der Waals surface area (Å²) in [7, 11) is 4.43. The fraction of sp³-hybridized carbons (Fsp3) is 0.875. The van der Waals surface area contributed by atoms with Crippen molar-refractivity contribution in [2.75, 3.05) is 34.4 Å². The number of carbonyl (C=O) groups excluding carboxylic acids is 5. The third-order valence-electron chi connectivity index (χ3n) is 10.7. The second kappa shape index (κ2) is 20.6. The van der Waals surface area contributed by atoms with Crippen LogP contribution in [0.1, 0.15) is 101 Å². The molecular formula is C40H68N4O15. The zero-order valence-corrected chi connectivity index (χ0v) is 36.7. The molecule has 4 aliphatic rings. The van der Waals surface area contributed by atoms with Crippen LogP contribution < -0.4 is 21.3 Å². The van der Waals surface area contributed by atoms with Gasteiger partial charge >= 0.3 is 12.1 Å². The Kier molecular flexibility index (Phi) is 16.9. The Morgan fingerprint density at radius 1 is 0.644 bits per heavy atom. The molecule has 0 aromatic carbocycles. The third-order valence-corrected chi connectivity index (χ3v) is 10.7. The number of amides is 4. The van der Waals surface area contributed by atoms with E-state index < -0.39 is 90.5 Å². The Hall–Kier alpha value is -3.17. The third kappa shape index (κ3) is 13.7. The van der Waals surface area contributed by atoms with Gasteiger partial charge in [0.25, 0.3) is 0 Å². The predicted octanol–water partition coefficient (Wildman–Crippen LogP) is 2.17. The first-order chi connectivity index (χ1) is 27.6. The number of alkyl carbamates (subject to hydrolysis) is 1. The van der Waals surface area contributed by atoms with Crippen molar-refractivity contribution in [1.29, 1.82) is 0 Å². The standard InChI is InChI=1S/C40H68N4O15/c1-21-29(53-35-33(31(21)51-11)55-39(6,7)57-35)23(19-26(46)42-18-14-16-28(48)50-10)43-25(45)15-13-17-41-27(47)20-24(44-37(49)59-38(3,4)5)30-22(2)32(52-12)34-36(54-30)58-40(8,9)56-34/h21-24,29-36H,13-20H2,1-12H3,(H,41,47)(H,42,46)(H,43,45)(H,44,49)/t21-,22-,23+,24+,29?,30?,31+,32+,33-,34-,35-,36-/m1/s1. The number of hydrogen-bond acceptors (Lipinski definition) is 15. The lowest BCUT2D eigenvalue weighted by molar-refractivity contribution is -0.243. The van der Waals surface area contributed by atoms with E-state index in [0.717, 1.165) is 0 Å². The first-order valence-electron chi connectivity index (χ1n) is 20.5. The lowest BCUT2D eigenvalue weighted by atomic mass is 9.85. The van der Waals surface area contributed by atoms with Crippen LogP contribution in [-0.4, -0.2) is 143 Å². The number of methoxy groups -OCH3 is 3. The van der Waals surface area contributed by atoms with Crippen LogP contribution in [0.15, 0.2) is 0 Å². The highest BCUT2D eigenvalue weighted by atomic mass is 16.8. The molecule has 4 fully saturated rings. The molecule has 19 heteroatoms. The van der Waals surface area contributed by atoms with Gasteiger partial charge in [0.05, 0.1) is 43.6 Å². The smallest absolute Gasteiger partial charge is 0.407 e. The van der Waals surface area contributed by atoms with Crippen LogP contribution in [0.4, 0.5) is 4.79 Å². The molecule has 19 nitrogen and oxygen atoms in total. The van der Waals surface area contributed by atoms with Crippen molar-refractivity contribution in [3.63, 3.8) is 0 Å². The number of esters is 1.